The van der Waals surface area contributed by atoms with Gasteiger partial charge < -0.3 is 15.4 Å². The van der Waals surface area contributed by atoms with Crippen LogP contribution < -0.4 is 10.6 Å². The summed E-state index contributed by atoms with van der Waals surface area (Å²) in [5, 5.41) is 6.97. The Morgan fingerprint density at radius 1 is 1.24 bits per heavy atom. The fraction of sp³-hybridized carbons (Fsp3) is 0.750. The molecule has 1 aliphatic carbocycles. The van der Waals surface area contributed by atoms with Crippen LogP contribution in [0.5, 0.6) is 0 Å². The maximum atomic E-state index is 5.50. The maximum Gasteiger partial charge on any atom is 0.136 e. The molecule has 2 aliphatic rings. The summed E-state index contributed by atoms with van der Waals surface area (Å²) >= 11 is 0. The highest BCUT2D eigenvalue weighted by molar-refractivity contribution is 5.58. The molecule has 5 nitrogen and oxygen atoms in total. The van der Waals surface area contributed by atoms with Gasteiger partial charge in [-0.15, -0.1) is 0 Å². The second-order valence-electron chi connectivity index (χ2n) is 6.27. The highest BCUT2D eigenvalue weighted by atomic mass is 16.5. The molecule has 5 heteroatoms. The van der Waals surface area contributed by atoms with Gasteiger partial charge in [0.25, 0.3) is 0 Å². The lowest BCUT2D eigenvalue weighted by molar-refractivity contribution is 0.183. The van der Waals surface area contributed by atoms with Crippen molar-refractivity contribution in [2.75, 3.05) is 30.4 Å². The normalized spacial score (nSPS) is 23.1. The molecule has 0 amide bonds. The molecular weight excluding hydrogens is 264 g/mol. The van der Waals surface area contributed by atoms with E-state index in [0.29, 0.717) is 17.9 Å². The Labute approximate surface area is 126 Å². The minimum atomic E-state index is 0.377. The molecular formula is C16H26N4O. The van der Waals surface area contributed by atoms with E-state index < -0.39 is 0 Å². The molecule has 21 heavy (non-hydrogen) atoms. The summed E-state index contributed by atoms with van der Waals surface area (Å²) in [7, 11) is 0. The predicted octanol–water partition coefficient (Wildman–Crippen LogP) is 2.93. The first-order valence-electron chi connectivity index (χ1n) is 8.15. The molecule has 116 valence electrons. The highest BCUT2D eigenvalue weighted by Crippen LogP contribution is 2.39. The average Bonchev–Trinajstić information content (AvgIpc) is 3.17. The number of hydrogen-bond acceptors (Lipinski definition) is 5. The van der Waals surface area contributed by atoms with Crippen LogP contribution in [-0.4, -0.2) is 35.8 Å². The van der Waals surface area contributed by atoms with Crippen molar-refractivity contribution in [1.29, 1.82) is 0 Å². The van der Waals surface area contributed by atoms with Gasteiger partial charge in [-0.05, 0) is 40.0 Å². The van der Waals surface area contributed by atoms with Crippen LogP contribution in [0.15, 0.2) is 0 Å². The molecule has 2 heterocycles. The van der Waals surface area contributed by atoms with Gasteiger partial charge in [-0.3, -0.25) is 0 Å². The molecule has 0 bridgehead atoms. The zero-order chi connectivity index (χ0) is 14.8. The minimum absolute atomic E-state index is 0.377. The molecule has 1 saturated carbocycles. The number of nitrogens with one attached hydrogen (secondary N) is 2. The molecule has 0 aromatic carbocycles. The van der Waals surface area contributed by atoms with E-state index >= 15 is 0 Å². The Kier molecular flexibility index (Phi) is 4.29. The van der Waals surface area contributed by atoms with Crippen LogP contribution >= 0.6 is 0 Å². The highest BCUT2D eigenvalue weighted by Gasteiger charge is 2.29. The van der Waals surface area contributed by atoms with Crippen LogP contribution in [0.4, 0.5) is 11.6 Å². The SMILES string of the molecule is CCNc1nc(C2CC2)nc(NC(C)C2CCOC2)c1C. The molecule has 2 fully saturated rings. The predicted molar refractivity (Wildman–Crippen MR) is 84.9 cm³/mol. The van der Waals surface area contributed by atoms with Crippen LogP contribution in [0.1, 0.15) is 50.4 Å². The van der Waals surface area contributed by atoms with Crippen molar-refractivity contribution in [2.45, 2.75) is 52.0 Å². The van der Waals surface area contributed by atoms with E-state index in [1.807, 2.05) is 0 Å². The van der Waals surface area contributed by atoms with Crippen molar-refractivity contribution in [3.05, 3.63) is 11.4 Å². The van der Waals surface area contributed by atoms with E-state index in [4.69, 9.17) is 14.7 Å². The Morgan fingerprint density at radius 3 is 2.62 bits per heavy atom. The fourth-order valence-corrected chi connectivity index (χ4v) is 2.82. The van der Waals surface area contributed by atoms with E-state index in [-0.39, 0.29) is 0 Å². The fourth-order valence-electron chi connectivity index (χ4n) is 2.82. The number of ether oxygens (including phenoxy) is 1. The number of hydrogen-bond donors (Lipinski definition) is 2. The van der Waals surface area contributed by atoms with Gasteiger partial charge in [0.15, 0.2) is 0 Å². The van der Waals surface area contributed by atoms with Crippen molar-refractivity contribution in [2.24, 2.45) is 5.92 Å². The maximum absolute atomic E-state index is 5.50. The lowest BCUT2D eigenvalue weighted by Crippen LogP contribution is -2.27. The monoisotopic (exact) mass is 290 g/mol. The van der Waals surface area contributed by atoms with Gasteiger partial charge in [0, 0.05) is 36.6 Å². The second-order valence-corrected chi connectivity index (χ2v) is 6.27. The van der Waals surface area contributed by atoms with Crippen LogP contribution in [0, 0.1) is 12.8 Å². The molecule has 1 aliphatic heterocycles. The van der Waals surface area contributed by atoms with E-state index in [1.54, 1.807) is 0 Å². The lowest BCUT2D eigenvalue weighted by atomic mass is 10.0. The molecule has 3 rings (SSSR count). The van der Waals surface area contributed by atoms with Crippen LogP contribution in [0.2, 0.25) is 0 Å². The summed E-state index contributed by atoms with van der Waals surface area (Å²) in [6.07, 6.45) is 3.58. The van der Waals surface area contributed by atoms with E-state index in [9.17, 15) is 0 Å². The van der Waals surface area contributed by atoms with E-state index in [0.717, 1.165) is 49.2 Å². The first-order chi connectivity index (χ1) is 10.2. The first-order valence-corrected chi connectivity index (χ1v) is 8.15. The summed E-state index contributed by atoms with van der Waals surface area (Å²) in [4.78, 5) is 9.49. The topological polar surface area (TPSA) is 59.1 Å². The van der Waals surface area contributed by atoms with Crippen LogP contribution in [-0.2, 0) is 4.74 Å². The third-order valence-electron chi connectivity index (χ3n) is 4.49. The molecule has 1 saturated heterocycles. The molecule has 2 atom stereocenters. The van der Waals surface area contributed by atoms with Gasteiger partial charge in [0.05, 0.1) is 6.61 Å². The number of nitrogens with zero attached hydrogens (tertiary/aromatic N) is 2. The average molecular weight is 290 g/mol. The Bertz CT molecular complexity index is 495. The number of rotatable bonds is 6. The van der Waals surface area contributed by atoms with Gasteiger partial charge in [0.2, 0.25) is 0 Å². The second kappa shape index (κ2) is 6.18. The number of aromatic nitrogens is 2. The smallest absolute Gasteiger partial charge is 0.136 e. The Morgan fingerprint density at radius 2 is 2.00 bits per heavy atom. The van der Waals surface area contributed by atoms with E-state index in [2.05, 4.69) is 31.4 Å². The summed E-state index contributed by atoms with van der Waals surface area (Å²) in [5.74, 6) is 4.10. The van der Waals surface area contributed by atoms with E-state index in [1.165, 1.54) is 12.8 Å². The van der Waals surface area contributed by atoms with Crippen LogP contribution in [0.3, 0.4) is 0 Å². The quantitative estimate of drug-likeness (QED) is 0.843. The zero-order valence-electron chi connectivity index (χ0n) is 13.3. The molecule has 2 N–H and O–H groups in total. The summed E-state index contributed by atoms with van der Waals surface area (Å²) in [6.45, 7) is 9.04. The minimum Gasteiger partial charge on any atom is -0.381 e. The van der Waals surface area contributed by atoms with Crippen molar-refractivity contribution >= 4 is 11.6 Å². The molecule has 2 unspecified atom stereocenters. The summed E-state index contributed by atoms with van der Waals surface area (Å²) < 4.78 is 5.50. The van der Waals surface area contributed by atoms with Crippen LogP contribution in [0.25, 0.3) is 0 Å². The van der Waals surface area contributed by atoms with Gasteiger partial charge in [0.1, 0.15) is 17.5 Å². The molecule has 0 spiro atoms. The summed E-state index contributed by atoms with van der Waals surface area (Å²) in [5.41, 5.74) is 1.12. The lowest BCUT2D eigenvalue weighted by Gasteiger charge is -2.22. The van der Waals surface area contributed by atoms with Crippen molar-refractivity contribution in [3.8, 4) is 0 Å². The van der Waals surface area contributed by atoms with Crippen molar-refractivity contribution < 1.29 is 4.74 Å². The molecule has 1 aromatic heterocycles. The Hall–Kier alpha value is -1.36. The van der Waals surface area contributed by atoms with Crippen molar-refractivity contribution in [1.82, 2.24) is 9.97 Å². The summed E-state index contributed by atoms with van der Waals surface area (Å²) in [6, 6.07) is 0.377. The van der Waals surface area contributed by atoms with Gasteiger partial charge in [-0.1, -0.05) is 0 Å². The number of anilines is 2. The van der Waals surface area contributed by atoms with Gasteiger partial charge in [-0.2, -0.15) is 0 Å². The molecule has 0 radical (unpaired) electrons. The third-order valence-corrected chi connectivity index (χ3v) is 4.49. The Balaban J connectivity index is 1.81. The van der Waals surface area contributed by atoms with Gasteiger partial charge in [-0.25, -0.2) is 9.97 Å². The zero-order valence-corrected chi connectivity index (χ0v) is 13.3. The largest absolute Gasteiger partial charge is 0.381 e. The molecule has 1 aromatic rings. The third kappa shape index (κ3) is 3.28. The van der Waals surface area contributed by atoms with Gasteiger partial charge >= 0.3 is 0 Å². The standard InChI is InChI=1S/C16H26N4O/c1-4-17-14-10(2)15(20-16(19-14)12-5-6-12)18-11(3)13-7-8-21-9-13/h11-13H,4-9H2,1-3H3,(H2,17,18,19,20). The van der Waals surface area contributed by atoms with Crippen molar-refractivity contribution in [3.63, 3.8) is 0 Å². The first kappa shape index (κ1) is 14.6.